The first kappa shape index (κ1) is 18.3. The van der Waals surface area contributed by atoms with Gasteiger partial charge < -0.3 is 14.6 Å². The van der Waals surface area contributed by atoms with Gasteiger partial charge in [-0.3, -0.25) is 0 Å². The van der Waals surface area contributed by atoms with E-state index in [1.54, 1.807) is 25.3 Å². The third-order valence-electron chi connectivity index (χ3n) is 3.12. The summed E-state index contributed by atoms with van der Waals surface area (Å²) in [5.41, 5.74) is 1.20. The van der Waals surface area contributed by atoms with Crippen molar-refractivity contribution in [3.05, 3.63) is 57.6 Å². The second kappa shape index (κ2) is 8.68. The minimum atomic E-state index is -0.128. The van der Waals surface area contributed by atoms with Crippen molar-refractivity contribution >= 4 is 42.2 Å². The van der Waals surface area contributed by atoms with E-state index in [0.717, 1.165) is 16.6 Å². The van der Waals surface area contributed by atoms with Gasteiger partial charge in [0.2, 0.25) is 0 Å². The number of ether oxygens (including phenoxy) is 2. The monoisotopic (exact) mass is 369 g/mol. The summed E-state index contributed by atoms with van der Waals surface area (Å²) in [5.74, 6) is 0.752. The topological polar surface area (TPSA) is 41.5 Å². The molecule has 2 rings (SSSR count). The van der Waals surface area contributed by atoms with Crippen LogP contribution in [-0.4, -0.2) is 25.8 Å². The highest BCUT2D eigenvalue weighted by Crippen LogP contribution is 2.26. The van der Waals surface area contributed by atoms with Crippen molar-refractivity contribution in [1.29, 1.82) is 0 Å². The number of rotatable bonds is 6. The van der Waals surface area contributed by atoms with Crippen molar-refractivity contribution in [3.63, 3.8) is 0 Å². The van der Waals surface area contributed by atoms with Crippen LogP contribution in [-0.2, 0) is 4.74 Å². The van der Waals surface area contributed by atoms with E-state index in [1.807, 2.05) is 25.1 Å². The fourth-order valence-electron chi connectivity index (χ4n) is 1.95. The molecule has 23 heavy (non-hydrogen) atoms. The summed E-state index contributed by atoms with van der Waals surface area (Å²) in [4.78, 5) is 0. The van der Waals surface area contributed by atoms with Gasteiger partial charge in [-0.05, 0) is 42.8 Å². The standard InChI is InChI=1S/C17H17Cl2O3P/c1-11-10-12(22-9-8-21-2)6-7-15(11)23-17(20)16-13(18)4-3-5-14(16)19/h3-7,10,20H,8-9H2,1-2H3/p-1. The summed E-state index contributed by atoms with van der Waals surface area (Å²) >= 11 is 12.2. The molecule has 6 heteroatoms. The number of benzene rings is 2. The van der Waals surface area contributed by atoms with Crippen LogP contribution >= 0.6 is 31.4 Å². The van der Waals surface area contributed by atoms with Gasteiger partial charge in [0.05, 0.1) is 6.61 Å². The summed E-state index contributed by atoms with van der Waals surface area (Å²) in [7, 11) is 2.16. The molecule has 2 aromatic carbocycles. The second-order valence-corrected chi connectivity index (χ2v) is 6.73. The third kappa shape index (κ3) is 4.94. The molecule has 0 aromatic heterocycles. The minimum Gasteiger partial charge on any atom is -0.823 e. The first-order valence-corrected chi connectivity index (χ1v) is 8.60. The zero-order valence-electron chi connectivity index (χ0n) is 12.8. The predicted octanol–water partition coefficient (Wildman–Crippen LogP) is 3.44. The maximum Gasteiger partial charge on any atom is 0.119 e. The predicted molar refractivity (Wildman–Crippen MR) is 95.7 cm³/mol. The van der Waals surface area contributed by atoms with E-state index in [-0.39, 0.29) is 5.48 Å². The fourth-order valence-corrected chi connectivity index (χ4v) is 3.62. The van der Waals surface area contributed by atoms with Crippen LogP contribution in [0.4, 0.5) is 0 Å². The first-order chi connectivity index (χ1) is 11.0. The minimum absolute atomic E-state index is 0.128. The Hall–Kier alpha value is -1.09. The Labute approximate surface area is 147 Å². The van der Waals surface area contributed by atoms with Crippen molar-refractivity contribution in [3.8, 4) is 5.75 Å². The van der Waals surface area contributed by atoms with Crippen molar-refractivity contribution in [2.45, 2.75) is 6.92 Å². The van der Waals surface area contributed by atoms with Crippen LogP contribution in [0, 0.1) is 6.92 Å². The van der Waals surface area contributed by atoms with E-state index in [9.17, 15) is 5.11 Å². The maximum absolute atomic E-state index is 12.5. The molecule has 3 nitrogen and oxygen atoms in total. The normalized spacial score (nSPS) is 11.6. The highest BCUT2D eigenvalue weighted by Gasteiger charge is 2.05. The quantitative estimate of drug-likeness (QED) is 0.578. The van der Waals surface area contributed by atoms with Gasteiger partial charge in [-0.15, -0.1) is 5.48 Å². The molecule has 0 N–H and O–H groups in total. The molecule has 0 aliphatic rings. The SMILES string of the molecule is COCCOc1ccc(P=C([O-])c2c(Cl)cccc2Cl)c(C)c1. The smallest absolute Gasteiger partial charge is 0.119 e. The number of hydrogen-bond donors (Lipinski definition) is 0. The van der Waals surface area contributed by atoms with Crippen LogP contribution in [0.1, 0.15) is 11.1 Å². The van der Waals surface area contributed by atoms with Gasteiger partial charge in [0.15, 0.2) is 0 Å². The van der Waals surface area contributed by atoms with Gasteiger partial charge >= 0.3 is 0 Å². The summed E-state index contributed by atoms with van der Waals surface area (Å²) in [6.45, 7) is 2.96. The van der Waals surface area contributed by atoms with Crippen molar-refractivity contribution in [2.75, 3.05) is 20.3 Å². The fraction of sp³-hybridized carbons (Fsp3) is 0.235. The zero-order valence-corrected chi connectivity index (χ0v) is 15.2. The Kier molecular flexibility index (Phi) is 6.88. The lowest BCUT2D eigenvalue weighted by Crippen LogP contribution is -2.19. The van der Waals surface area contributed by atoms with Gasteiger partial charge in [0.1, 0.15) is 12.4 Å². The number of hydrogen-bond acceptors (Lipinski definition) is 3. The molecule has 0 aliphatic carbocycles. The van der Waals surface area contributed by atoms with Gasteiger partial charge in [0.25, 0.3) is 0 Å². The molecule has 0 heterocycles. The van der Waals surface area contributed by atoms with Gasteiger partial charge in [0, 0.05) is 28.0 Å². The maximum atomic E-state index is 12.5. The average molecular weight is 370 g/mol. The van der Waals surface area contributed by atoms with E-state index in [0.29, 0.717) is 37.0 Å². The van der Waals surface area contributed by atoms with E-state index in [4.69, 9.17) is 32.7 Å². The van der Waals surface area contributed by atoms with Gasteiger partial charge in [-0.25, -0.2) is 0 Å². The van der Waals surface area contributed by atoms with Crippen LogP contribution in [0.5, 0.6) is 5.75 Å². The molecule has 0 bridgehead atoms. The van der Waals surface area contributed by atoms with Crippen LogP contribution in [0.15, 0.2) is 36.4 Å². The zero-order chi connectivity index (χ0) is 16.8. The number of halogens is 2. The lowest BCUT2D eigenvalue weighted by molar-refractivity contribution is -0.206. The summed E-state index contributed by atoms with van der Waals surface area (Å²) in [6.07, 6.45) is 0. The Balaban J connectivity index is 2.25. The van der Waals surface area contributed by atoms with E-state index in [2.05, 4.69) is 0 Å². The van der Waals surface area contributed by atoms with E-state index >= 15 is 0 Å². The van der Waals surface area contributed by atoms with Crippen LogP contribution < -0.4 is 15.1 Å². The molecule has 0 radical (unpaired) electrons. The highest BCUT2D eigenvalue weighted by molar-refractivity contribution is 7.49. The molecule has 0 unspecified atom stereocenters. The molecule has 0 fully saturated rings. The highest BCUT2D eigenvalue weighted by atomic mass is 35.5. The summed E-state index contributed by atoms with van der Waals surface area (Å²) in [6, 6.07) is 10.7. The lowest BCUT2D eigenvalue weighted by atomic mass is 10.2. The molecule has 0 amide bonds. The number of aryl methyl sites for hydroxylation is 1. The molecular formula is C17H16Cl2O3P-. The second-order valence-electron chi connectivity index (χ2n) is 4.80. The molecule has 2 aromatic rings. The lowest BCUT2D eigenvalue weighted by Gasteiger charge is -2.16. The average Bonchev–Trinajstić information content (AvgIpc) is 2.50. The Morgan fingerprint density at radius 2 is 1.83 bits per heavy atom. The van der Waals surface area contributed by atoms with E-state index in [1.165, 1.54) is 0 Å². The van der Waals surface area contributed by atoms with Crippen molar-refractivity contribution in [2.24, 2.45) is 0 Å². The number of methoxy groups -OCH3 is 1. The van der Waals surface area contributed by atoms with E-state index < -0.39 is 0 Å². The largest absolute Gasteiger partial charge is 0.823 e. The summed E-state index contributed by atoms with van der Waals surface area (Å²) < 4.78 is 10.5. The van der Waals surface area contributed by atoms with Crippen LogP contribution in [0.25, 0.3) is 0 Å². The van der Waals surface area contributed by atoms with Crippen LogP contribution in [0.2, 0.25) is 10.0 Å². The molecule has 0 saturated carbocycles. The Morgan fingerprint density at radius 3 is 2.43 bits per heavy atom. The third-order valence-corrected chi connectivity index (χ3v) is 4.92. The van der Waals surface area contributed by atoms with Gasteiger partial charge in [-0.2, -0.15) is 0 Å². The molecule has 0 saturated heterocycles. The van der Waals surface area contributed by atoms with Gasteiger partial charge in [-0.1, -0.05) is 37.5 Å². The molecule has 0 atom stereocenters. The Bertz CT molecular complexity index is 697. The molecule has 122 valence electrons. The molecule has 0 spiro atoms. The molecular weight excluding hydrogens is 354 g/mol. The summed E-state index contributed by atoms with van der Waals surface area (Å²) in [5, 5.41) is 14.1. The van der Waals surface area contributed by atoms with Crippen LogP contribution in [0.3, 0.4) is 0 Å². The van der Waals surface area contributed by atoms with Crippen molar-refractivity contribution in [1.82, 2.24) is 0 Å². The Morgan fingerprint density at radius 1 is 1.13 bits per heavy atom. The van der Waals surface area contributed by atoms with Crippen molar-refractivity contribution < 1.29 is 14.6 Å². The first-order valence-electron chi connectivity index (χ1n) is 6.95. The molecule has 0 aliphatic heterocycles.